The molecule has 0 aliphatic carbocycles. The van der Waals surface area contributed by atoms with E-state index in [9.17, 15) is 5.26 Å². The first-order valence-corrected chi connectivity index (χ1v) is 11.1. The van der Waals surface area contributed by atoms with E-state index < -0.39 is 0 Å². The van der Waals surface area contributed by atoms with Gasteiger partial charge in [0, 0.05) is 33.4 Å². The van der Waals surface area contributed by atoms with Crippen molar-refractivity contribution in [3.05, 3.63) is 41.1 Å². The topological polar surface area (TPSA) is 123 Å². The summed E-state index contributed by atoms with van der Waals surface area (Å²) in [7, 11) is 1.75. The summed E-state index contributed by atoms with van der Waals surface area (Å²) in [4.78, 5) is 4.25. The second kappa shape index (κ2) is 14.0. The SMILES string of the molecule is CN=C(NCCCOC1CCOC1)NCCCc1nn(-c2ccc(C)cc2)c(N)c1C#N.I. The Hall–Kier alpha value is -2.36. The van der Waals surface area contributed by atoms with Crippen LogP contribution in [0.5, 0.6) is 0 Å². The third kappa shape index (κ3) is 7.87. The normalized spacial score (nSPS) is 15.7. The number of aryl methyl sites for hydroxylation is 2. The molecule has 0 radical (unpaired) electrons. The molecule has 1 aromatic carbocycles. The number of nitrogen functional groups attached to an aromatic ring is 1. The van der Waals surface area contributed by atoms with Crippen molar-refractivity contribution in [3.63, 3.8) is 0 Å². The van der Waals surface area contributed by atoms with Crippen LogP contribution in [0.4, 0.5) is 5.82 Å². The van der Waals surface area contributed by atoms with Crippen molar-refractivity contribution in [1.82, 2.24) is 20.4 Å². The number of hydrogen-bond donors (Lipinski definition) is 3. The third-order valence-corrected chi connectivity index (χ3v) is 5.35. The lowest BCUT2D eigenvalue weighted by atomic mass is 10.1. The van der Waals surface area contributed by atoms with E-state index in [1.807, 2.05) is 31.2 Å². The number of ether oxygens (including phenoxy) is 2. The van der Waals surface area contributed by atoms with Gasteiger partial charge in [0.1, 0.15) is 17.5 Å². The highest BCUT2D eigenvalue weighted by Crippen LogP contribution is 2.21. The Morgan fingerprint density at radius 1 is 1.30 bits per heavy atom. The zero-order valence-electron chi connectivity index (χ0n) is 19.3. The molecule has 3 rings (SSSR count). The van der Waals surface area contributed by atoms with Gasteiger partial charge >= 0.3 is 0 Å². The predicted molar refractivity (Wildman–Crippen MR) is 140 cm³/mol. The number of aromatic nitrogens is 2. The number of nitrogens with one attached hydrogen (secondary N) is 2. The molecule has 4 N–H and O–H groups in total. The molecule has 1 aliphatic rings. The van der Waals surface area contributed by atoms with Crippen LogP contribution in [0.25, 0.3) is 5.69 Å². The van der Waals surface area contributed by atoms with Crippen LogP contribution < -0.4 is 16.4 Å². The van der Waals surface area contributed by atoms with Gasteiger partial charge in [-0.15, -0.1) is 24.0 Å². The standard InChI is InChI=1S/C23H33N7O2.HI/c1-17-6-8-18(9-7-17)30-22(25)20(15-24)21(29-30)5-3-11-27-23(26-2)28-12-4-13-32-19-10-14-31-16-19;/h6-9,19H,3-5,10-14,16,25H2,1-2H3,(H2,26,27,28);1H. The van der Waals surface area contributed by atoms with Crippen molar-refractivity contribution < 1.29 is 9.47 Å². The summed E-state index contributed by atoms with van der Waals surface area (Å²) in [5.74, 6) is 1.13. The van der Waals surface area contributed by atoms with Crippen LogP contribution in [-0.4, -0.2) is 61.8 Å². The fourth-order valence-corrected chi connectivity index (χ4v) is 3.51. The van der Waals surface area contributed by atoms with Gasteiger partial charge in [0.25, 0.3) is 0 Å². The summed E-state index contributed by atoms with van der Waals surface area (Å²) >= 11 is 0. The molecule has 0 amide bonds. The molecular formula is C23H34IN7O2. The molecule has 0 bridgehead atoms. The van der Waals surface area contributed by atoms with Crippen LogP contribution in [0, 0.1) is 18.3 Å². The molecule has 0 spiro atoms. The molecule has 1 atom stereocenters. The van der Waals surface area contributed by atoms with Crippen molar-refractivity contribution in [2.24, 2.45) is 4.99 Å². The Kier molecular flexibility index (Phi) is 11.4. The maximum atomic E-state index is 9.55. The first kappa shape index (κ1) is 26.9. The maximum absolute atomic E-state index is 9.55. The number of nitrogens with zero attached hydrogens (tertiary/aromatic N) is 4. The lowest BCUT2D eigenvalue weighted by Gasteiger charge is -2.13. The molecule has 1 fully saturated rings. The van der Waals surface area contributed by atoms with E-state index in [4.69, 9.17) is 15.2 Å². The van der Waals surface area contributed by atoms with Gasteiger partial charge in [0.05, 0.1) is 24.1 Å². The zero-order valence-corrected chi connectivity index (χ0v) is 21.7. The smallest absolute Gasteiger partial charge is 0.190 e. The minimum Gasteiger partial charge on any atom is -0.382 e. The van der Waals surface area contributed by atoms with E-state index >= 15 is 0 Å². The lowest BCUT2D eigenvalue weighted by Crippen LogP contribution is -2.38. The Morgan fingerprint density at radius 3 is 2.67 bits per heavy atom. The van der Waals surface area contributed by atoms with Crippen LogP contribution in [-0.2, 0) is 15.9 Å². The molecule has 2 aromatic rings. The summed E-state index contributed by atoms with van der Waals surface area (Å²) in [6.45, 7) is 5.73. The fraction of sp³-hybridized carbons (Fsp3) is 0.522. The number of benzene rings is 1. The van der Waals surface area contributed by atoms with Gasteiger partial charge in [-0.2, -0.15) is 10.4 Å². The quantitative estimate of drug-likeness (QED) is 0.175. The van der Waals surface area contributed by atoms with E-state index in [2.05, 4.69) is 26.8 Å². The van der Waals surface area contributed by atoms with Gasteiger partial charge in [0.2, 0.25) is 0 Å². The van der Waals surface area contributed by atoms with Crippen molar-refractivity contribution in [1.29, 1.82) is 5.26 Å². The van der Waals surface area contributed by atoms with Crippen molar-refractivity contribution in [2.45, 2.75) is 38.7 Å². The lowest BCUT2D eigenvalue weighted by molar-refractivity contribution is 0.0420. The summed E-state index contributed by atoms with van der Waals surface area (Å²) in [5, 5.41) is 20.7. The molecule has 10 heteroatoms. The summed E-state index contributed by atoms with van der Waals surface area (Å²) in [6, 6.07) is 10.1. The van der Waals surface area contributed by atoms with E-state index in [-0.39, 0.29) is 30.1 Å². The highest BCUT2D eigenvalue weighted by Gasteiger charge is 2.17. The van der Waals surface area contributed by atoms with Gasteiger partial charge in [0.15, 0.2) is 5.96 Å². The Bertz CT molecular complexity index is 932. The molecule has 33 heavy (non-hydrogen) atoms. The molecule has 1 aromatic heterocycles. The van der Waals surface area contributed by atoms with E-state index in [1.165, 1.54) is 0 Å². The summed E-state index contributed by atoms with van der Waals surface area (Å²) in [5.41, 5.74) is 9.36. The van der Waals surface area contributed by atoms with Crippen molar-refractivity contribution >= 4 is 35.8 Å². The van der Waals surface area contributed by atoms with E-state index in [0.29, 0.717) is 43.3 Å². The summed E-state index contributed by atoms with van der Waals surface area (Å²) < 4.78 is 12.7. The van der Waals surface area contributed by atoms with Crippen LogP contribution in [0.2, 0.25) is 0 Å². The molecular weight excluding hydrogens is 533 g/mol. The minimum atomic E-state index is 0. The highest BCUT2D eigenvalue weighted by atomic mass is 127. The van der Waals surface area contributed by atoms with E-state index in [1.54, 1.807) is 11.7 Å². The molecule has 0 saturated carbocycles. The molecule has 1 saturated heterocycles. The highest BCUT2D eigenvalue weighted by molar-refractivity contribution is 14.0. The Morgan fingerprint density at radius 2 is 2.03 bits per heavy atom. The Labute approximate surface area is 212 Å². The zero-order chi connectivity index (χ0) is 22.8. The first-order chi connectivity index (χ1) is 15.6. The molecule has 1 aliphatic heterocycles. The van der Waals surface area contributed by atoms with Gasteiger partial charge in [-0.05, 0) is 44.7 Å². The monoisotopic (exact) mass is 567 g/mol. The second-order valence-electron chi connectivity index (χ2n) is 7.81. The maximum Gasteiger partial charge on any atom is 0.190 e. The van der Waals surface area contributed by atoms with Gasteiger partial charge < -0.3 is 25.8 Å². The number of rotatable bonds is 10. The average Bonchev–Trinajstić information content (AvgIpc) is 3.43. The van der Waals surface area contributed by atoms with Gasteiger partial charge in [-0.3, -0.25) is 4.99 Å². The average molecular weight is 567 g/mol. The minimum absolute atomic E-state index is 0. The van der Waals surface area contributed by atoms with Crippen LogP contribution in [0.15, 0.2) is 29.3 Å². The van der Waals surface area contributed by atoms with Gasteiger partial charge in [-0.1, -0.05) is 17.7 Å². The number of guanidine groups is 1. The van der Waals surface area contributed by atoms with Crippen LogP contribution in [0.3, 0.4) is 0 Å². The number of anilines is 1. The number of nitrogens with two attached hydrogens (primary N) is 1. The van der Waals surface area contributed by atoms with Gasteiger partial charge in [-0.25, -0.2) is 4.68 Å². The molecule has 180 valence electrons. The van der Waals surface area contributed by atoms with E-state index in [0.717, 1.165) is 49.6 Å². The largest absolute Gasteiger partial charge is 0.382 e. The van der Waals surface area contributed by atoms with Crippen molar-refractivity contribution in [2.75, 3.05) is 45.7 Å². The molecule has 2 heterocycles. The Balaban J connectivity index is 0.00000385. The molecule has 1 unspecified atom stereocenters. The fourth-order valence-electron chi connectivity index (χ4n) is 3.51. The number of hydrogen-bond acceptors (Lipinski definition) is 6. The van der Waals surface area contributed by atoms with Crippen LogP contribution >= 0.6 is 24.0 Å². The van der Waals surface area contributed by atoms with Crippen molar-refractivity contribution in [3.8, 4) is 11.8 Å². The number of aliphatic imine (C=N–C) groups is 1. The second-order valence-corrected chi connectivity index (χ2v) is 7.81. The predicted octanol–water partition coefficient (Wildman–Crippen LogP) is 2.55. The molecule has 9 nitrogen and oxygen atoms in total. The number of halogens is 1. The number of nitriles is 1. The first-order valence-electron chi connectivity index (χ1n) is 11.1. The van der Waals surface area contributed by atoms with Crippen LogP contribution in [0.1, 0.15) is 36.1 Å². The summed E-state index contributed by atoms with van der Waals surface area (Å²) in [6.07, 6.45) is 3.57. The third-order valence-electron chi connectivity index (χ3n) is 5.35.